The number of rotatable bonds is 5. The van der Waals surface area contributed by atoms with E-state index in [1.165, 1.54) is 0 Å². The van der Waals surface area contributed by atoms with Crippen molar-refractivity contribution in [1.29, 1.82) is 5.41 Å². The number of fused-ring (bicyclic) bond motifs is 1. The van der Waals surface area contributed by atoms with Gasteiger partial charge < -0.3 is 10.3 Å². The number of carbonyl (C=O) groups is 1. The number of hydrogen-bond donors (Lipinski definition) is 4. The molecular formula is C14H18N4O4S. The van der Waals surface area contributed by atoms with Gasteiger partial charge in [0.25, 0.3) is 16.0 Å². The van der Waals surface area contributed by atoms with Gasteiger partial charge in [-0.2, -0.15) is 8.42 Å². The fourth-order valence-electron chi connectivity index (χ4n) is 2.45. The van der Waals surface area contributed by atoms with Crippen LogP contribution in [-0.4, -0.2) is 35.2 Å². The Kier molecular flexibility index (Phi) is 4.71. The predicted molar refractivity (Wildman–Crippen MR) is 87.1 cm³/mol. The van der Waals surface area contributed by atoms with E-state index in [0.29, 0.717) is 0 Å². The molecule has 0 bridgehead atoms. The molecule has 1 amide bonds. The maximum absolute atomic E-state index is 12.2. The second-order valence-electron chi connectivity index (χ2n) is 5.20. The molecule has 0 atom stereocenters. The lowest BCUT2D eigenvalue weighted by Gasteiger charge is -2.10. The maximum Gasteiger partial charge on any atom is 0.274 e. The zero-order chi connectivity index (χ0) is 17.2. The van der Waals surface area contributed by atoms with Crippen molar-refractivity contribution in [2.24, 2.45) is 5.73 Å². The number of nitrogens with two attached hydrogens (primary N) is 1. The number of carbonyl (C=O) groups excluding carboxylic acids is 1. The minimum absolute atomic E-state index is 0.150. The minimum atomic E-state index is -4.06. The van der Waals surface area contributed by atoms with E-state index in [1.54, 1.807) is 10.6 Å². The minimum Gasteiger partial charge on any atom is -0.370 e. The molecule has 1 aromatic heterocycles. The summed E-state index contributed by atoms with van der Waals surface area (Å²) in [5.74, 6) is -1.41. The molecule has 8 nitrogen and oxygen atoms in total. The van der Waals surface area contributed by atoms with Crippen LogP contribution in [0.5, 0.6) is 0 Å². The quantitative estimate of drug-likeness (QED) is 0.364. The summed E-state index contributed by atoms with van der Waals surface area (Å²) in [5, 5.41) is 10.2. The Labute approximate surface area is 133 Å². The summed E-state index contributed by atoms with van der Waals surface area (Å²) in [5.41, 5.74) is 7.21. The van der Waals surface area contributed by atoms with Gasteiger partial charge in [-0.3, -0.25) is 20.1 Å². The number of nitrogens with one attached hydrogen (secondary N) is 2. The van der Waals surface area contributed by atoms with Crippen LogP contribution in [0.25, 0.3) is 10.9 Å². The van der Waals surface area contributed by atoms with Crippen LogP contribution in [0, 0.1) is 12.3 Å². The van der Waals surface area contributed by atoms with E-state index in [4.69, 9.17) is 15.7 Å². The first kappa shape index (κ1) is 17.0. The Morgan fingerprint density at radius 1 is 1.43 bits per heavy atom. The Hall–Kier alpha value is -2.39. The van der Waals surface area contributed by atoms with Gasteiger partial charge in [-0.15, -0.1) is 0 Å². The zero-order valence-corrected chi connectivity index (χ0v) is 13.4. The van der Waals surface area contributed by atoms with Gasteiger partial charge in [0.1, 0.15) is 5.69 Å². The average molecular weight is 338 g/mol. The first-order chi connectivity index (χ1) is 10.7. The third kappa shape index (κ3) is 4.08. The van der Waals surface area contributed by atoms with Crippen LogP contribution in [0.1, 0.15) is 22.5 Å². The van der Waals surface area contributed by atoms with Gasteiger partial charge >= 0.3 is 0 Å². The van der Waals surface area contributed by atoms with Crippen molar-refractivity contribution >= 4 is 32.9 Å². The number of guanidine groups is 1. The number of nitrogens with zero attached hydrogens (tertiary/aromatic N) is 1. The van der Waals surface area contributed by atoms with Gasteiger partial charge in [0.05, 0.1) is 5.75 Å². The van der Waals surface area contributed by atoms with Crippen LogP contribution in [0.15, 0.2) is 24.3 Å². The van der Waals surface area contributed by atoms with Gasteiger partial charge in [-0.1, -0.05) is 12.1 Å². The van der Waals surface area contributed by atoms with E-state index in [1.807, 2.05) is 25.1 Å². The molecule has 1 aromatic carbocycles. The van der Waals surface area contributed by atoms with E-state index in [2.05, 4.69) is 5.32 Å². The second-order valence-corrected chi connectivity index (χ2v) is 6.77. The van der Waals surface area contributed by atoms with Crippen LogP contribution in [0.2, 0.25) is 0 Å². The van der Waals surface area contributed by atoms with E-state index in [9.17, 15) is 13.2 Å². The third-order valence-electron chi connectivity index (χ3n) is 3.43. The topological polar surface area (TPSA) is 138 Å². The average Bonchev–Trinajstić information content (AvgIpc) is 2.77. The molecule has 0 saturated heterocycles. The molecule has 2 aromatic rings. The highest BCUT2D eigenvalue weighted by molar-refractivity contribution is 7.85. The number of aromatic nitrogens is 1. The molecule has 2 rings (SSSR count). The number of aryl methyl sites for hydroxylation is 2. The maximum atomic E-state index is 12.2. The monoisotopic (exact) mass is 338 g/mol. The summed E-state index contributed by atoms with van der Waals surface area (Å²) < 4.78 is 32.2. The summed E-state index contributed by atoms with van der Waals surface area (Å²) in [6.07, 6.45) is 0.150. The lowest BCUT2D eigenvalue weighted by atomic mass is 10.1. The van der Waals surface area contributed by atoms with Gasteiger partial charge in [0, 0.05) is 17.4 Å². The summed E-state index contributed by atoms with van der Waals surface area (Å²) in [7, 11) is -4.06. The van der Waals surface area contributed by atoms with E-state index in [0.717, 1.165) is 16.5 Å². The van der Waals surface area contributed by atoms with Crippen molar-refractivity contribution in [3.63, 3.8) is 0 Å². The van der Waals surface area contributed by atoms with Gasteiger partial charge in [0.2, 0.25) is 0 Å². The smallest absolute Gasteiger partial charge is 0.274 e. The molecule has 9 heteroatoms. The Morgan fingerprint density at radius 2 is 2.13 bits per heavy atom. The van der Waals surface area contributed by atoms with E-state index >= 15 is 0 Å². The van der Waals surface area contributed by atoms with Gasteiger partial charge in [-0.25, -0.2) is 0 Å². The molecule has 0 fully saturated rings. The van der Waals surface area contributed by atoms with Gasteiger partial charge in [-0.05, 0) is 31.0 Å². The largest absolute Gasteiger partial charge is 0.370 e. The summed E-state index contributed by atoms with van der Waals surface area (Å²) >= 11 is 0. The fraction of sp³-hybridized carbons (Fsp3) is 0.286. The highest BCUT2D eigenvalue weighted by atomic mass is 32.2. The first-order valence-corrected chi connectivity index (χ1v) is 8.49. The van der Waals surface area contributed by atoms with E-state index < -0.39 is 27.7 Å². The molecule has 0 aliphatic rings. The SMILES string of the molecule is Cc1cccc2c1cc(C(=O)NC(=N)N)n2CCCS(=O)(=O)O. The molecule has 0 aliphatic heterocycles. The van der Waals surface area contributed by atoms with Crippen LogP contribution in [0.3, 0.4) is 0 Å². The molecule has 0 saturated carbocycles. The Morgan fingerprint density at radius 3 is 2.74 bits per heavy atom. The van der Waals surface area contributed by atoms with Crippen LogP contribution in [-0.2, 0) is 16.7 Å². The lowest BCUT2D eigenvalue weighted by molar-refractivity contribution is 0.0967. The molecule has 124 valence electrons. The molecule has 23 heavy (non-hydrogen) atoms. The highest BCUT2D eigenvalue weighted by Gasteiger charge is 2.17. The third-order valence-corrected chi connectivity index (χ3v) is 4.23. The molecule has 0 radical (unpaired) electrons. The molecule has 1 heterocycles. The number of benzene rings is 1. The normalized spacial score (nSPS) is 11.6. The van der Waals surface area contributed by atoms with Crippen LogP contribution in [0.4, 0.5) is 0 Å². The van der Waals surface area contributed by atoms with E-state index in [-0.39, 0.29) is 18.7 Å². The molecule has 5 N–H and O–H groups in total. The summed E-state index contributed by atoms with van der Waals surface area (Å²) in [6.45, 7) is 2.13. The second kappa shape index (κ2) is 6.39. The first-order valence-electron chi connectivity index (χ1n) is 6.88. The van der Waals surface area contributed by atoms with Crippen LogP contribution >= 0.6 is 0 Å². The number of amides is 1. The van der Waals surface area contributed by atoms with Gasteiger partial charge in [0.15, 0.2) is 5.96 Å². The van der Waals surface area contributed by atoms with Crippen molar-refractivity contribution < 1.29 is 17.8 Å². The lowest BCUT2D eigenvalue weighted by Crippen LogP contribution is -2.36. The van der Waals surface area contributed by atoms with Crippen LogP contribution < -0.4 is 11.1 Å². The molecular weight excluding hydrogens is 320 g/mol. The fourth-order valence-corrected chi connectivity index (χ4v) is 2.95. The Balaban J connectivity index is 2.43. The van der Waals surface area contributed by atoms with Crippen molar-refractivity contribution in [2.45, 2.75) is 19.9 Å². The number of hydrogen-bond acceptors (Lipinski definition) is 4. The summed E-state index contributed by atoms with van der Waals surface area (Å²) in [6, 6.07) is 7.23. The van der Waals surface area contributed by atoms with Crippen molar-refractivity contribution in [2.75, 3.05) is 5.75 Å². The summed E-state index contributed by atoms with van der Waals surface area (Å²) in [4.78, 5) is 12.2. The van der Waals surface area contributed by atoms with Crippen molar-refractivity contribution in [3.8, 4) is 0 Å². The molecule has 0 aliphatic carbocycles. The van der Waals surface area contributed by atoms with Crippen molar-refractivity contribution in [1.82, 2.24) is 9.88 Å². The standard InChI is InChI=1S/C14H18N4O4S/c1-9-4-2-5-11-10(9)8-12(13(19)17-14(15)16)18(11)6-3-7-23(20,21)22/h2,4-5,8H,3,6-7H2,1H3,(H,20,21,22)(H4,15,16,17,19). The highest BCUT2D eigenvalue weighted by Crippen LogP contribution is 2.23. The molecule has 0 spiro atoms. The molecule has 0 unspecified atom stereocenters. The predicted octanol–water partition coefficient (Wildman–Crippen LogP) is 0.851. The Bertz CT molecular complexity index is 870. The van der Waals surface area contributed by atoms with Crippen molar-refractivity contribution in [3.05, 3.63) is 35.5 Å². The zero-order valence-electron chi connectivity index (χ0n) is 12.5.